The van der Waals surface area contributed by atoms with Gasteiger partial charge in [0.05, 0.1) is 0 Å². The topological polar surface area (TPSA) is 58.2 Å². The van der Waals surface area contributed by atoms with Crippen LogP contribution in [0.25, 0.3) is 0 Å². The van der Waals surface area contributed by atoms with Crippen molar-refractivity contribution in [3.05, 3.63) is 0 Å². The lowest BCUT2D eigenvalue weighted by atomic mass is 10.1. The van der Waals surface area contributed by atoms with Crippen LogP contribution in [-0.4, -0.2) is 23.4 Å². The van der Waals surface area contributed by atoms with Crippen LogP contribution in [0.15, 0.2) is 0 Å². The average Bonchev–Trinajstić information content (AvgIpc) is 2.26. The summed E-state index contributed by atoms with van der Waals surface area (Å²) in [5, 5.41) is 5.60. The monoisotopic (exact) mass is 270 g/mol. The Morgan fingerprint density at radius 2 is 1.63 bits per heavy atom. The minimum absolute atomic E-state index is 0.0342. The molecule has 0 aromatic rings. The first-order valence-electron chi connectivity index (χ1n) is 7.37. The Kier molecular flexibility index (Phi) is 8.44. The molecule has 0 bridgehead atoms. The summed E-state index contributed by atoms with van der Waals surface area (Å²) in [5.41, 5.74) is -0.268. The van der Waals surface area contributed by atoms with Crippen LogP contribution in [0.2, 0.25) is 0 Å². The van der Waals surface area contributed by atoms with Crippen LogP contribution in [0.3, 0.4) is 0 Å². The molecular formula is C15H30N2O2. The molecule has 0 aliphatic heterocycles. The highest BCUT2D eigenvalue weighted by Crippen LogP contribution is 2.05. The number of carbonyl (C=O) groups is 2. The number of amides is 2. The molecule has 19 heavy (non-hydrogen) atoms. The van der Waals surface area contributed by atoms with E-state index in [1.807, 2.05) is 20.8 Å². The van der Waals surface area contributed by atoms with Crippen LogP contribution in [0, 0.1) is 0 Å². The van der Waals surface area contributed by atoms with Crippen molar-refractivity contribution in [2.75, 3.05) is 0 Å². The Hall–Kier alpha value is -1.06. The smallest absolute Gasteiger partial charge is 0.242 e. The van der Waals surface area contributed by atoms with Gasteiger partial charge < -0.3 is 10.6 Å². The van der Waals surface area contributed by atoms with E-state index in [4.69, 9.17) is 0 Å². The summed E-state index contributed by atoms with van der Waals surface area (Å²) in [6, 6.07) is -0.470. The second-order valence-electron chi connectivity index (χ2n) is 6.19. The molecule has 1 atom stereocenters. The van der Waals surface area contributed by atoms with Crippen LogP contribution in [0.1, 0.15) is 73.1 Å². The zero-order valence-electron chi connectivity index (χ0n) is 13.1. The first kappa shape index (κ1) is 17.9. The average molecular weight is 270 g/mol. The summed E-state index contributed by atoms with van der Waals surface area (Å²) in [6.07, 6.45) is 6.12. The van der Waals surface area contributed by atoms with E-state index in [2.05, 4.69) is 17.6 Å². The molecule has 0 aromatic heterocycles. The maximum Gasteiger partial charge on any atom is 0.242 e. The molecule has 0 heterocycles. The van der Waals surface area contributed by atoms with Gasteiger partial charge in [-0.15, -0.1) is 0 Å². The zero-order valence-corrected chi connectivity index (χ0v) is 13.1. The molecule has 0 saturated heterocycles. The van der Waals surface area contributed by atoms with Gasteiger partial charge in [0.2, 0.25) is 11.8 Å². The molecule has 112 valence electrons. The predicted molar refractivity (Wildman–Crippen MR) is 78.9 cm³/mol. The van der Waals surface area contributed by atoms with E-state index in [9.17, 15) is 9.59 Å². The summed E-state index contributed by atoms with van der Waals surface area (Å²) in [5.74, 6) is -0.167. The first-order valence-corrected chi connectivity index (χ1v) is 7.37. The lowest BCUT2D eigenvalue weighted by molar-refractivity contribution is -0.129. The highest BCUT2D eigenvalue weighted by Gasteiger charge is 2.20. The third kappa shape index (κ3) is 10.5. The molecule has 0 aliphatic carbocycles. The van der Waals surface area contributed by atoms with E-state index in [1.54, 1.807) is 6.92 Å². The zero-order chi connectivity index (χ0) is 14.9. The van der Waals surface area contributed by atoms with E-state index >= 15 is 0 Å². The standard InChI is InChI=1S/C15H30N2O2/c1-6-7-8-9-10-11-13(18)16-12(2)14(19)17-15(3,4)5/h12H,6-11H2,1-5H3,(H,16,18)(H,17,19). The van der Waals surface area contributed by atoms with Crippen molar-refractivity contribution in [1.82, 2.24) is 10.6 Å². The van der Waals surface area contributed by atoms with E-state index in [1.165, 1.54) is 19.3 Å². The lowest BCUT2D eigenvalue weighted by Gasteiger charge is -2.23. The Morgan fingerprint density at radius 1 is 1.05 bits per heavy atom. The van der Waals surface area contributed by atoms with Crippen molar-refractivity contribution < 1.29 is 9.59 Å². The van der Waals surface area contributed by atoms with Gasteiger partial charge in [0.1, 0.15) is 6.04 Å². The first-order chi connectivity index (χ1) is 8.76. The SMILES string of the molecule is CCCCCCCC(=O)NC(C)C(=O)NC(C)(C)C. The van der Waals surface area contributed by atoms with Gasteiger partial charge in [0.25, 0.3) is 0 Å². The molecular weight excluding hydrogens is 240 g/mol. The number of hydrogen-bond acceptors (Lipinski definition) is 2. The fraction of sp³-hybridized carbons (Fsp3) is 0.867. The molecule has 4 nitrogen and oxygen atoms in total. The molecule has 2 N–H and O–H groups in total. The molecule has 0 spiro atoms. The minimum atomic E-state index is -0.470. The molecule has 0 radical (unpaired) electrons. The van der Waals surface area contributed by atoms with E-state index in [0.29, 0.717) is 6.42 Å². The number of hydrogen-bond donors (Lipinski definition) is 2. The maximum absolute atomic E-state index is 11.8. The van der Waals surface area contributed by atoms with Gasteiger partial charge >= 0.3 is 0 Å². The summed E-state index contributed by atoms with van der Waals surface area (Å²) in [7, 11) is 0. The van der Waals surface area contributed by atoms with Crippen LogP contribution >= 0.6 is 0 Å². The number of carbonyl (C=O) groups excluding carboxylic acids is 2. The second kappa shape index (κ2) is 8.94. The molecule has 1 unspecified atom stereocenters. The molecule has 0 saturated carbocycles. The number of rotatable bonds is 8. The Labute approximate surface area is 117 Å². The fourth-order valence-electron chi connectivity index (χ4n) is 1.75. The van der Waals surface area contributed by atoms with Gasteiger partial charge in [-0.25, -0.2) is 0 Å². The Balaban J connectivity index is 3.83. The van der Waals surface area contributed by atoms with Gasteiger partial charge in [-0.1, -0.05) is 32.6 Å². The van der Waals surface area contributed by atoms with E-state index in [-0.39, 0.29) is 17.4 Å². The third-order valence-electron chi connectivity index (χ3n) is 2.78. The molecule has 2 amide bonds. The highest BCUT2D eigenvalue weighted by atomic mass is 16.2. The summed E-state index contributed by atoms with van der Waals surface area (Å²) in [4.78, 5) is 23.4. The van der Waals surface area contributed by atoms with Crippen LogP contribution in [0.5, 0.6) is 0 Å². The highest BCUT2D eigenvalue weighted by molar-refractivity contribution is 5.87. The minimum Gasteiger partial charge on any atom is -0.350 e. The fourth-order valence-corrected chi connectivity index (χ4v) is 1.75. The lowest BCUT2D eigenvalue weighted by Crippen LogP contribution is -2.50. The van der Waals surface area contributed by atoms with Crippen LogP contribution in [0.4, 0.5) is 0 Å². The van der Waals surface area contributed by atoms with Crippen molar-refractivity contribution >= 4 is 11.8 Å². The number of unbranched alkanes of at least 4 members (excludes halogenated alkanes) is 4. The Bertz CT molecular complexity index is 282. The van der Waals surface area contributed by atoms with Crippen molar-refractivity contribution in [1.29, 1.82) is 0 Å². The normalized spacial score (nSPS) is 12.9. The van der Waals surface area contributed by atoms with Crippen LogP contribution < -0.4 is 10.6 Å². The summed E-state index contributed by atoms with van der Waals surface area (Å²) in [6.45, 7) is 9.66. The summed E-state index contributed by atoms with van der Waals surface area (Å²) >= 11 is 0. The molecule has 4 heteroatoms. The van der Waals surface area contributed by atoms with Crippen molar-refractivity contribution in [2.45, 2.75) is 84.7 Å². The summed E-state index contributed by atoms with van der Waals surface area (Å²) < 4.78 is 0. The third-order valence-corrected chi connectivity index (χ3v) is 2.78. The van der Waals surface area contributed by atoms with Crippen molar-refractivity contribution in [2.24, 2.45) is 0 Å². The molecule has 0 aliphatic rings. The number of nitrogens with one attached hydrogen (secondary N) is 2. The second-order valence-corrected chi connectivity index (χ2v) is 6.19. The van der Waals surface area contributed by atoms with E-state index in [0.717, 1.165) is 12.8 Å². The van der Waals surface area contributed by atoms with Crippen LogP contribution in [-0.2, 0) is 9.59 Å². The molecule has 0 aromatic carbocycles. The quantitative estimate of drug-likeness (QED) is 0.666. The van der Waals surface area contributed by atoms with Crippen molar-refractivity contribution in [3.63, 3.8) is 0 Å². The van der Waals surface area contributed by atoms with Gasteiger partial charge in [0, 0.05) is 12.0 Å². The Morgan fingerprint density at radius 3 is 2.16 bits per heavy atom. The van der Waals surface area contributed by atoms with E-state index < -0.39 is 6.04 Å². The van der Waals surface area contributed by atoms with Crippen molar-refractivity contribution in [3.8, 4) is 0 Å². The molecule has 0 fully saturated rings. The van der Waals surface area contributed by atoms with Gasteiger partial charge in [-0.3, -0.25) is 9.59 Å². The largest absolute Gasteiger partial charge is 0.350 e. The maximum atomic E-state index is 11.8. The van der Waals surface area contributed by atoms with Gasteiger partial charge in [0.15, 0.2) is 0 Å². The van der Waals surface area contributed by atoms with Gasteiger partial charge in [-0.2, -0.15) is 0 Å². The predicted octanol–water partition coefficient (Wildman–Crippen LogP) is 2.77. The van der Waals surface area contributed by atoms with Gasteiger partial charge in [-0.05, 0) is 34.1 Å². The molecule has 0 rings (SSSR count).